The van der Waals surface area contributed by atoms with Gasteiger partial charge in [0.05, 0.1) is 40.7 Å². The minimum Gasteiger partial charge on any atom is -0.354 e. The number of hydrogen-bond acceptors (Lipinski definition) is 10. The van der Waals surface area contributed by atoms with Gasteiger partial charge in [0, 0.05) is 69.9 Å². The molecule has 264 valence electrons. The van der Waals surface area contributed by atoms with Crippen LogP contribution in [-0.2, 0) is 14.9 Å². The molecule has 3 N–H and O–H groups in total. The third kappa shape index (κ3) is 6.19. The third-order valence-corrected chi connectivity index (χ3v) is 11.5. The van der Waals surface area contributed by atoms with E-state index < -0.39 is 3.55 Å². The highest BCUT2D eigenvalue weighted by atomic mass is 127. The third-order valence-electron chi connectivity index (χ3n) is 10.3. The van der Waals surface area contributed by atoms with E-state index in [1.54, 1.807) is 13.1 Å². The number of nitrogens with zero attached hydrogens (tertiary/aromatic N) is 8. The summed E-state index contributed by atoms with van der Waals surface area (Å²) in [7, 11) is 3.61. The number of pyridine rings is 1. The number of rotatable bonds is 9. The zero-order valence-electron chi connectivity index (χ0n) is 28.8. The second kappa shape index (κ2) is 13.2. The Kier molecular flexibility index (Phi) is 8.64. The molecule has 0 radical (unpaired) electrons. The van der Waals surface area contributed by atoms with Crippen LogP contribution in [0.3, 0.4) is 0 Å². The summed E-state index contributed by atoms with van der Waals surface area (Å²) in [6.07, 6.45) is 5.79. The highest BCUT2D eigenvalue weighted by molar-refractivity contribution is 14.1. The summed E-state index contributed by atoms with van der Waals surface area (Å²) in [4.78, 5) is 49.4. The van der Waals surface area contributed by atoms with Crippen LogP contribution in [0.2, 0.25) is 0 Å². The van der Waals surface area contributed by atoms with Crippen molar-refractivity contribution < 1.29 is 14.4 Å². The average Bonchev–Trinajstić information content (AvgIpc) is 3.63. The van der Waals surface area contributed by atoms with Gasteiger partial charge in [0.1, 0.15) is 9.24 Å². The molecule has 1 atom stereocenters. The van der Waals surface area contributed by atoms with Crippen molar-refractivity contribution in [1.82, 2.24) is 40.1 Å². The molecule has 8 rings (SSSR count). The first-order chi connectivity index (χ1) is 24.6. The van der Waals surface area contributed by atoms with Crippen LogP contribution >= 0.6 is 22.6 Å². The Morgan fingerprint density at radius 1 is 1.00 bits per heavy atom. The Morgan fingerprint density at radius 2 is 1.76 bits per heavy atom. The number of hydrogen-bond donors (Lipinski definition) is 3. The molecule has 51 heavy (non-hydrogen) atoms. The van der Waals surface area contributed by atoms with E-state index >= 15 is 0 Å². The first-order valence-electron chi connectivity index (χ1n) is 17.4. The molecule has 4 aromatic rings. The monoisotopic (exact) mass is 801 g/mol. The molecular weight excluding hydrogens is 761 g/mol. The van der Waals surface area contributed by atoms with Gasteiger partial charge in [-0.05, 0) is 73.4 Å². The summed E-state index contributed by atoms with van der Waals surface area (Å²) in [6.45, 7) is 6.12. The topological polar surface area (TPSA) is 154 Å². The smallest absolute Gasteiger partial charge is 0.273 e. The highest BCUT2D eigenvalue weighted by Crippen LogP contribution is 2.54. The van der Waals surface area contributed by atoms with Crippen molar-refractivity contribution in [1.29, 1.82) is 0 Å². The zero-order chi connectivity index (χ0) is 35.4. The highest BCUT2D eigenvalue weighted by Gasteiger charge is 2.44. The molecule has 3 aliphatic heterocycles. The number of fused-ring (bicyclic) bond motifs is 3. The van der Waals surface area contributed by atoms with E-state index in [0.717, 1.165) is 85.8 Å². The molecule has 6 heterocycles. The largest absolute Gasteiger partial charge is 0.354 e. The van der Waals surface area contributed by atoms with Gasteiger partial charge in [0.2, 0.25) is 5.91 Å². The van der Waals surface area contributed by atoms with Gasteiger partial charge in [0.25, 0.3) is 11.8 Å². The van der Waals surface area contributed by atoms with Gasteiger partial charge in [-0.1, -0.05) is 18.2 Å². The summed E-state index contributed by atoms with van der Waals surface area (Å²) in [5, 5.41) is 22.2. The van der Waals surface area contributed by atoms with Crippen molar-refractivity contribution in [2.75, 3.05) is 55.8 Å². The molecule has 4 aliphatic rings. The maximum absolute atomic E-state index is 12.9. The van der Waals surface area contributed by atoms with Crippen LogP contribution in [0.5, 0.6) is 0 Å². The predicted octanol–water partition coefficient (Wildman–Crippen LogP) is 4.54. The predicted molar refractivity (Wildman–Crippen MR) is 201 cm³/mol. The Bertz CT molecular complexity index is 2030. The maximum atomic E-state index is 12.9. The standard InChI is InChI=1S/C36H40IN11O3/c1-36(37)32-25(17-39-48(32)23-19-46(20-23)18-22-8-6-11-27(40-22)35(51)47-14-4-5-15-47)24-9-7-10-26(31(24)45(36)3)41-28-16-29(42-33(49)21-12-13-21)43-44-30(28)34(50)38-2/h6-11,16-17,21,23H,4-5,12-15,18-20H2,1-3H3,(H,38,50)(H2,41,42,43,49)/t36-/m0/s1. The Labute approximate surface area is 309 Å². The second-order valence-corrected chi connectivity index (χ2v) is 16.0. The minimum absolute atomic E-state index is 0.00147. The number of alkyl halides is 1. The normalized spacial score (nSPS) is 20.0. The number of para-hydroxylation sites is 1. The number of benzene rings is 1. The summed E-state index contributed by atoms with van der Waals surface area (Å²) in [6, 6.07) is 13.6. The lowest BCUT2D eigenvalue weighted by atomic mass is 9.93. The number of anilines is 4. The van der Waals surface area contributed by atoms with Gasteiger partial charge in [-0.15, -0.1) is 10.2 Å². The number of carbonyl (C=O) groups excluding carboxylic acids is 3. The van der Waals surface area contributed by atoms with E-state index in [4.69, 9.17) is 10.1 Å². The lowest BCUT2D eigenvalue weighted by molar-refractivity contribution is -0.117. The number of nitrogens with one attached hydrogen (secondary N) is 3. The summed E-state index contributed by atoms with van der Waals surface area (Å²) in [5.41, 5.74) is 6.90. The van der Waals surface area contributed by atoms with Crippen LogP contribution in [0.1, 0.15) is 71.0 Å². The molecule has 3 aromatic heterocycles. The summed E-state index contributed by atoms with van der Waals surface area (Å²) < 4.78 is 1.70. The minimum atomic E-state index is -0.468. The lowest BCUT2D eigenvalue weighted by Crippen LogP contribution is -2.50. The van der Waals surface area contributed by atoms with E-state index in [-0.39, 0.29) is 41.2 Å². The van der Waals surface area contributed by atoms with Crippen molar-refractivity contribution in [2.45, 2.75) is 48.7 Å². The fourth-order valence-electron chi connectivity index (χ4n) is 7.26. The number of halogens is 1. The first-order valence-corrected chi connectivity index (χ1v) is 18.5. The van der Waals surface area contributed by atoms with Crippen LogP contribution in [0.25, 0.3) is 11.1 Å². The van der Waals surface area contributed by atoms with E-state index in [1.165, 1.54) is 0 Å². The van der Waals surface area contributed by atoms with Crippen molar-refractivity contribution in [3.63, 3.8) is 0 Å². The Morgan fingerprint density at radius 3 is 2.51 bits per heavy atom. The second-order valence-electron chi connectivity index (χ2n) is 13.9. The Hall–Kier alpha value is -4.64. The number of amides is 3. The SMILES string of the molecule is CNC(=O)c1nnc(NC(=O)C2CC2)cc1Nc1cccc2c1N(C)[C@](C)(I)c1c-2cnn1C1CN(Cc2cccc(C(=O)N3CCCC3)n2)C1. The van der Waals surface area contributed by atoms with Gasteiger partial charge in [-0.3, -0.25) is 24.0 Å². The van der Waals surface area contributed by atoms with Gasteiger partial charge >= 0.3 is 0 Å². The fraction of sp³-hybridized carbons (Fsp3) is 0.417. The molecule has 0 bridgehead atoms. The summed E-state index contributed by atoms with van der Waals surface area (Å²) >= 11 is 2.50. The molecule has 14 nitrogen and oxygen atoms in total. The molecule has 2 saturated heterocycles. The van der Waals surface area contributed by atoms with Crippen LogP contribution in [0, 0.1) is 5.92 Å². The number of likely N-dealkylation sites (tertiary alicyclic amines) is 2. The fourth-order valence-corrected chi connectivity index (χ4v) is 8.04. The molecule has 1 saturated carbocycles. The molecule has 3 fully saturated rings. The molecule has 1 aromatic carbocycles. The van der Waals surface area contributed by atoms with E-state index in [0.29, 0.717) is 17.9 Å². The van der Waals surface area contributed by atoms with Crippen LogP contribution in [0.15, 0.2) is 48.7 Å². The summed E-state index contributed by atoms with van der Waals surface area (Å²) in [5.74, 6) is -0.166. The quantitative estimate of drug-likeness (QED) is 0.125. The zero-order valence-corrected chi connectivity index (χ0v) is 31.0. The average molecular weight is 802 g/mol. The number of carbonyl (C=O) groups is 3. The molecule has 0 unspecified atom stereocenters. The van der Waals surface area contributed by atoms with E-state index in [1.807, 2.05) is 41.4 Å². The molecular formula is C36H40IN11O3. The lowest BCUT2D eigenvalue weighted by Gasteiger charge is -2.45. The molecule has 15 heteroatoms. The van der Waals surface area contributed by atoms with Gasteiger partial charge in [-0.2, -0.15) is 5.10 Å². The van der Waals surface area contributed by atoms with Crippen LogP contribution in [0.4, 0.5) is 22.9 Å². The van der Waals surface area contributed by atoms with Crippen LogP contribution < -0.4 is 20.9 Å². The van der Waals surface area contributed by atoms with Crippen molar-refractivity contribution in [2.24, 2.45) is 5.92 Å². The van der Waals surface area contributed by atoms with Crippen molar-refractivity contribution >= 4 is 63.2 Å². The first kappa shape index (κ1) is 33.5. The van der Waals surface area contributed by atoms with E-state index in [9.17, 15) is 14.4 Å². The molecule has 0 spiro atoms. The van der Waals surface area contributed by atoms with Crippen LogP contribution in [-0.4, -0.2) is 92.8 Å². The van der Waals surface area contributed by atoms with Crippen molar-refractivity contribution in [3.8, 4) is 11.1 Å². The van der Waals surface area contributed by atoms with Gasteiger partial charge in [0.15, 0.2) is 11.5 Å². The molecule has 1 aliphatic carbocycles. The molecule has 3 amide bonds. The van der Waals surface area contributed by atoms with Crippen molar-refractivity contribution in [3.05, 3.63) is 71.4 Å². The number of aromatic nitrogens is 5. The Balaban J connectivity index is 1.04. The van der Waals surface area contributed by atoms with E-state index in [2.05, 4.69) is 83.3 Å². The van der Waals surface area contributed by atoms with Gasteiger partial charge < -0.3 is 25.8 Å². The maximum Gasteiger partial charge on any atom is 0.273 e. The van der Waals surface area contributed by atoms with Gasteiger partial charge in [-0.25, -0.2) is 4.98 Å².